The van der Waals surface area contributed by atoms with Crippen molar-refractivity contribution >= 4 is 17.1 Å². The Balaban J connectivity index is 2.81. The molecular weight excluding hydrogens is 206 g/mol. The lowest BCUT2D eigenvalue weighted by molar-refractivity contribution is 0.558. The second-order valence-corrected chi connectivity index (χ2v) is 3.31. The average Bonchev–Trinajstić information content (AvgIpc) is 2.30. The van der Waals surface area contributed by atoms with E-state index in [4.69, 9.17) is 0 Å². The molecule has 0 unspecified atom stereocenters. The molecule has 2 rings (SSSR count). The van der Waals surface area contributed by atoms with Crippen LogP contribution in [0.25, 0.3) is 11.0 Å². The summed E-state index contributed by atoms with van der Waals surface area (Å²) in [5.74, 6) is 0. The van der Waals surface area contributed by atoms with Gasteiger partial charge in [-0.05, 0) is 19.1 Å². The number of rotatable bonds is 2. The minimum absolute atomic E-state index is 0.0216. The molecule has 0 amide bonds. The molecule has 0 saturated heterocycles. The number of benzene rings is 1. The van der Waals surface area contributed by atoms with Crippen molar-refractivity contribution in [2.24, 2.45) is 4.99 Å². The van der Waals surface area contributed by atoms with Crippen LogP contribution in [-0.4, -0.2) is 15.6 Å². The van der Waals surface area contributed by atoms with E-state index in [1.165, 1.54) is 10.6 Å². The first-order valence-electron chi connectivity index (χ1n) is 4.74. The molecule has 0 radical (unpaired) electrons. The molecule has 5 heteroatoms. The van der Waals surface area contributed by atoms with Crippen molar-refractivity contribution in [2.45, 2.75) is 13.6 Å². The maximum atomic E-state index is 11.8. The monoisotopic (exact) mass is 215 g/mol. The Kier molecular flexibility index (Phi) is 2.62. The van der Waals surface area contributed by atoms with Gasteiger partial charge < -0.3 is 0 Å². The van der Waals surface area contributed by atoms with Crippen molar-refractivity contribution < 1.29 is 4.79 Å². The summed E-state index contributed by atoms with van der Waals surface area (Å²) in [6.45, 7) is 1.61. The third-order valence-corrected chi connectivity index (χ3v) is 2.29. The highest BCUT2D eigenvalue weighted by Gasteiger charge is 2.06. The van der Waals surface area contributed by atoms with Crippen molar-refractivity contribution in [2.75, 3.05) is 0 Å². The van der Waals surface area contributed by atoms with E-state index >= 15 is 0 Å². The number of isocyanates is 1. The zero-order valence-corrected chi connectivity index (χ0v) is 8.67. The molecule has 80 valence electrons. The fourth-order valence-corrected chi connectivity index (χ4v) is 1.56. The fraction of sp³-hybridized carbons (Fsp3) is 0.182. The molecule has 0 spiro atoms. The lowest BCUT2D eigenvalue weighted by atomic mass is 10.3. The van der Waals surface area contributed by atoms with E-state index in [0.717, 1.165) is 0 Å². The maximum Gasteiger partial charge on any atom is 0.274 e. The van der Waals surface area contributed by atoms with Crippen LogP contribution in [0.2, 0.25) is 0 Å². The number of hydrogen-bond donors (Lipinski definition) is 0. The van der Waals surface area contributed by atoms with Gasteiger partial charge in [-0.15, -0.1) is 0 Å². The minimum Gasteiger partial charge on any atom is -0.284 e. The Morgan fingerprint density at radius 2 is 2.19 bits per heavy atom. The van der Waals surface area contributed by atoms with E-state index in [1.807, 2.05) is 12.1 Å². The topological polar surface area (TPSA) is 64.3 Å². The molecule has 16 heavy (non-hydrogen) atoms. The van der Waals surface area contributed by atoms with Crippen molar-refractivity contribution in [3.05, 3.63) is 40.3 Å². The minimum atomic E-state index is -0.238. The molecule has 0 fully saturated rings. The van der Waals surface area contributed by atoms with Crippen LogP contribution in [0.1, 0.15) is 5.69 Å². The second-order valence-electron chi connectivity index (χ2n) is 3.31. The molecule has 0 N–H and O–H groups in total. The summed E-state index contributed by atoms with van der Waals surface area (Å²) in [6.07, 6.45) is 1.42. The number of aryl methyl sites for hydroxylation is 1. The van der Waals surface area contributed by atoms with Crippen LogP contribution in [0, 0.1) is 6.92 Å². The van der Waals surface area contributed by atoms with E-state index in [0.29, 0.717) is 16.7 Å². The van der Waals surface area contributed by atoms with Gasteiger partial charge >= 0.3 is 0 Å². The van der Waals surface area contributed by atoms with Crippen LogP contribution in [0.4, 0.5) is 0 Å². The number of fused-ring (bicyclic) bond motifs is 1. The summed E-state index contributed by atoms with van der Waals surface area (Å²) in [4.78, 5) is 29.5. The molecule has 2 aromatic rings. The second kappa shape index (κ2) is 4.08. The van der Waals surface area contributed by atoms with Gasteiger partial charge in [0.2, 0.25) is 6.08 Å². The number of hydrogen-bond acceptors (Lipinski definition) is 4. The fourth-order valence-electron chi connectivity index (χ4n) is 1.56. The van der Waals surface area contributed by atoms with Gasteiger partial charge in [0.15, 0.2) is 0 Å². The first-order chi connectivity index (χ1) is 7.74. The third kappa shape index (κ3) is 1.64. The lowest BCUT2D eigenvalue weighted by Gasteiger charge is -2.07. The summed E-state index contributed by atoms with van der Waals surface area (Å²) in [6, 6.07) is 7.22. The van der Waals surface area contributed by atoms with Gasteiger partial charge in [0.25, 0.3) is 5.56 Å². The van der Waals surface area contributed by atoms with Gasteiger partial charge in [-0.1, -0.05) is 12.1 Å². The first kappa shape index (κ1) is 10.3. The van der Waals surface area contributed by atoms with Crippen molar-refractivity contribution in [3.63, 3.8) is 0 Å². The quantitative estimate of drug-likeness (QED) is 0.554. The average molecular weight is 215 g/mol. The summed E-state index contributed by atoms with van der Waals surface area (Å²) >= 11 is 0. The number of nitrogens with zero attached hydrogens (tertiary/aromatic N) is 3. The summed E-state index contributed by atoms with van der Waals surface area (Å²) in [5, 5.41) is 0. The molecule has 0 aliphatic heterocycles. The van der Waals surface area contributed by atoms with Crippen LogP contribution in [0.5, 0.6) is 0 Å². The molecule has 0 saturated carbocycles. The predicted octanol–water partition coefficient (Wildman–Crippen LogP) is 0.998. The molecule has 1 aromatic carbocycles. The number of para-hydroxylation sites is 2. The summed E-state index contributed by atoms with van der Waals surface area (Å²) in [5.41, 5.74) is 1.52. The van der Waals surface area contributed by atoms with Crippen LogP contribution in [-0.2, 0) is 11.5 Å². The highest BCUT2D eigenvalue weighted by molar-refractivity contribution is 5.74. The lowest BCUT2D eigenvalue weighted by Crippen LogP contribution is -2.23. The van der Waals surface area contributed by atoms with Crippen LogP contribution < -0.4 is 5.56 Å². The standard InChI is InChI=1S/C11H9N3O2/c1-8-11(16)14(6-12-7-15)10-5-3-2-4-9(10)13-8/h2-5H,6H2,1H3. The largest absolute Gasteiger partial charge is 0.284 e. The van der Waals surface area contributed by atoms with E-state index in [1.54, 1.807) is 19.1 Å². The van der Waals surface area contributed by atoms with Gasteiger partial charge in [0.1, 0.15) is 12.4 Å². The maximum absolute atomic E-state index is 11.8. The number of aromatic nitrogens is 2. The Hall–Kier alpha value is -2.26. The van der Waals surface area contributed by atoms with Gasteiger partial charge in [-0.25, -0.2) is 9.78 Å². The Morgan fingerprint density at radius 1 is 1.44 bits per heavy atom. The van der Waals surface area contributed by atoms with Gasteiger partial charge in [0, 0.05) is 0 Å². The Morgan fingerprint density at radius 3 is 2.94 bits per heavy atom. The van der Waals surface area contributed by atoms with Crippen LogP contribution >= 0.6 is 0 Å². The molecule has 0 bridgehead atoms. The van der Waals surface area contributed by atoms with Crippen molar-refractivity contribution in [1.82, 2.24) is 9.55 Å². The summed E-state index contributed by atoms with van der Waals surface area (Å²) < 4.78 is 1.41. The molecule has 5 nitrogen and oxygen atoms in total. The first-order valence-corrected chi connectivity index (χ1v) is 4.74. The number of carbonyl (C=O) groups excluding carboxylic acids is 1. The Labute approximate surface area is 91.1 Å². The van der Waals surface area contributed by atoms with Crippen molar-refractivity contribution in [3.8, 4) is 0 Å². The normalized spacial score (nSPS) is 10.1. The molecule has 1 heterocycles. The number of aliphatic imine (C=N–C) groups is 1. The van der Waals surface area contributed by atoms with E-state index in [2.05, 4.69) is 9.98 Å². The molecule has 1 aromatic heterocycles. The Bertz CT molecular complexity index is 639. The highest BCUT2D eigenvalue weighted by Crippen LogP contribution is 2.09. The van der Waals surface area contributed by atoms with Crippen LogP contribution in [0.15, 0.2) is 34.1 Å². The zero-order chi connectivity index (χ0) is 11.5. The van der Waals surface area contributed by atoms with Gasteiger partial charge in [-0.2, -0.15) is 4.99 Å². The van der Waals surface area contributed by atoms with E-state index < -0.39 is 0 Å². The van der Waals surface area contributed by atoms with Gasteiger partial charge in [0.05, 0.1) is 11.0 Å². The zero-order valence-electron chi connectivity index (χ0n) is 8.67. The molecule has 0 atom stereocenters. The van der Waals surface area contributed by atoms with Crippen LogP contribution in [0.3, 0.4) is 0 Å². The summed E-state index contributed by atoms with van der Waals surface area (Å²) in [7, 11) is 0. The SMILES string of the molecule is Cc1nc2ccccc2n(CN=C=O)c1=O. The highest BCUT2D eigenvalue weighted by atomic mass is 16.1. The smallest absolute Gasteiger partial charge is 0.274 e. The predicted molar refractivity (Wildman–Crippen MR) is 58.9 cm³/mol. The molecular formula is C11H9N3O2. The molecule has 0 aliphatic carbocycles. The third-order valence-electron chi connectivity index (χ3n) is 2.29. The van der Waals surface area contributed by atoms with Gasteiger partial charge in [-0.3, -0.25) is 9.36 Å². The van der Waals surface area contributed by atoms with Crippen molar-refractivity contribution in [1.29, 1.82) is 0 Å². The van der Waals surface area contributed by atoms with E-state index in [-0.39, 0.29) is 12.2 Å². The molecule has 0 aliphatic rings. The van der Waals surface area contributed by atoms with E-state index in [9.17, 15) is 9.59 Å².